The van der Waals surface area contributed by atoms with Crippen LogP contribution < -0.4 is 20.1 Å². The molecule has 0 aliphatic carbocycles. The van der Waals surface area contributed by atoms with E-state index in [0.29, 0.717) is 22.9 Å². The number of nitrogens with zero attached hydrogens (tertiary/aromatic N) is 1. The summed E-state index contributed by atoms with van der Waals surface area (Å²) < 4.78 is 16.1. The second kappa shape index (κ2) is 8.53. The first-order valence-corrected chi connectivity index (χ1v) is 8.54. The van der Waals surface area contributed by atoms with Gasteiger partial charge < -0.3 is 24.8 Å². The largest absolute Gasteiger partial charge is 0.497 e. The van der Waals surface area contributed by atoms with Gasteiger partial charge in [-0.2, -0.15) is 0 Å². The number of amides is 1. The number of carbonyl (C=O) groups is 1. The molecule has 2 aromatic rings. The zero-order chi connectivity index (χ0) is 18.4. The third-order valence-electron chi connectivity index (χ3n) is 4.21. The van der Waals surface area contributed by atoms with Crippen LogP contribution in [0.15, 0.2) is 36.5 Å². The number of hydrogen-bond donors (Lipinski definition) is 2. The average molecular weight is 357 g/mol. The van der Waals surface area contributed by atoms with Crippen LogP contribution in [0.1, 0.15) is 23.3 Å². The molecule has 1 aliphatic rings. The smallest absolute Gasteiger partial charge is 0.274 e. The lowest BCUT2D eigenvalue weighted by molar-refractivity contribution is 0.102. The van der Waals surface area contributed by atoms with E-state index in [1.54, 1.807) is 44.7 Å². The van der Waals surface area contributed by atoms with Gasteiger partial charge in [0.15, 0.2) is 0 Å². The zero-order valence-corrected chi connectivity index (χ0v) is 15.0. The van der Waals surface area contributed by atoms with Gasteiger partial charge in [-0.3, -0.25) is 9.78 Å². The standard InChI is InChI=1S/C19H23N3O4/c1-24-14-5-6-18(25-2)16(11-14)22-19(23)17-10-13(7-8-20-17)21-12-15-4-3-9-26-15/h5-8,10-11,15H,3-4,9,12H2,1-2H3,(H,20,21)(H,22,23). The van der Waals surface area contributed by atoms with Crippen LogP contribution in [-0.2, 0) is 4.74 Å². The third kappa shape index (κ3) is 4.43. The van der Waals surface area contributed by atoms with Crippen LogP contribution in [0.3, 0.4) is 0 Å². The molecule has 1 atom stereocenters. The number of aromatic nitrogens is 1. The summed E-state index contributed by atoms with van der Waals surface area (Å²) in [5.41, 5.74) is 1.67. The second-order valence-corrected chi connectivity index (χ2v) is 5.97. The van der Waals surface area contributed by atoms with E-state index in [9.17, 15) is 4.79 Å². The number of nitrogens with one attached hydrogen (secondary N) is 2. The first kappa shape index (κ1) is 18.0. The van der Waals surface area contributed by atoms with Crippen LogP contribution in [0.5, 0.6) is 11.5 Å². The van der Waals surface area contributed by atoms with Gasteiger partial charge in [-0.15, -0.1) is 0 Å². The maximum absolute atomic E-state index is 12.6. The summed E-state index contributed by atoms with van der Waals surface area (Å²) in [7, 11) is 3.11. The Morgan fingerprint density at radius 1 is 1.27 bits per heavy atom. The molecule has 26 heavy (non-hydrogen) atoms. The minimum Gasteiger partial charge on any atom is -0.497 e. The van der Waals surface area contributed by atoms with Gasteiger partial charge in [0.1, 0.15) is 17.2 Å². The van der Waals surface area contributed by atoms with Crippen LogP contribution in [0.2, 0.25) is 0 Å². The highest BCUT2D eigenvalue weighted by Crippen LogP contribution is 2.29. The average Bonchev–Trinajstić information content (AvgIpc) is 3.20. The van der Waals surface area contributed by atoms with E-state index in [0.717, 1.165) is 31.7 Å². The lowest BCUT2D eigenvalue weighted by atomic mass is 10.2. The molecule has 1 fully saturated rings. The minimum absolute atomic E-state index is 0.224. The van der Waals surface area contributed by atoms with Crippen molar-refractivity contribution in [2.45, 2.75) is 18.9 Å². The van der Waals surface area contributed by atoms with E-state index in [4.69, 9.17) is 14.2 Å². The van der Waals surface area contributed by atoms with Crippen molar-refractivity contribution in [3.63, 3.8) is 0 Å². The Morgan fingerprint density at radius 3 is 2.88 bits per heavy atom. The molecule has 1 unspecified atom stereocenters. The van der Waals surface area contributed by atoms with Gasteiger partial charge in [0.2, 0.25) is 0 Å². The Kier molecular flexibility index (Phi) is 5.91. The van der Waals surface area contributed by atoms with Crippen molar-refractivity contribution in [2.75, 3.05) is 38.0 Å². The van der Waals surface area contributed by atoms with Crippen molar-refractivity contribution in [1.29, 1.82) is 0 Å². The maximum Gasteiger partial charge on any atom is 0.274 e. The first-order valence-electron chi connectivity index (χ1n) is 8.54. The van der Waals surface area contributed by atoms with Crippen molar-refractivity contribution in [3.8, 4) is 11.5 Å². The fraction of sp³-hybridized carbons (Fsp3) is 0.368. The number of pyridine rings is 1. The molecule has 1 aromatic heterocycles. The Hall–Kier alpha value is -2.80. The van der Waals surface area contributed by atoms with Crippen molar-refractivity contribution >= 4 is 17.3 Å². The van der Waals surface area contributed by atoms with E-state index >= 15 is 0 Å². The Morgan fingerprint density at radius 2 is 2.15 bits per heavy atom. The van der Waals surface area contributed by atoms with Crippen LogP contribution in [0.25, 0.3) is 0 Å². The van der Waals surface area contributed by atoms with Crippen molar-refractivity contribution in [3.05, 3.63) is 42.2 Å². The predicted octanol–water partition coefficient (Wildman–Crippen LogP) is 2.94. The van der Waals surface area contributed by atoms with Crippen LogP contribution in [-0.4, -0.2) is 44.4 Å². The summed E-state index contributed by atoms with van der Waals surface area (Å²) in [6.07, 6.45) is 3.98. The van der Waals surface area contributed by atoms with Crippen molar-refractivity contribution in [1.82, 2.24) is 4.98 Å². The Labute approximate surface area is 152 Å². The number of benzene rings is 1. The summed E-state index contributed by atoms with van der Waals surface area (Å²) in [5, 5.41) is 6.11. The molecule has 1 aliphatic heterocycles. The molecule has 1 amide bonds. The molecule has 138 valence electrons. The van der Waals surface area contributed by atoms with Crippen LogP contribution in [0.4, 0.5) is 11.4 Å². The molecule has 0 radical (unpaired) electrons. The highest BCUT2D eigenvalue weighted by atomic mass is 16.5. The molecule has 0 bridgehead atoms. The maximum atomic E-state index is 12.6. The Bertz CT molecular complexity index is 760. The van der Waals surface area contributed by atoms with Crippen molar-refractivity contribution in [2.24, 2.45) is 0 Å². The van der Waals surface area contributed by atoms with Gasteiger partial charge in [0.05, 0.1) is 26.0 Å². The monoisotopic (exact) mass is 357 g/mol. The fourth-order valence-corrected chi connectivity index (χ4v) is 2.80. The topological polar surface area (TPSA) is 81.7 Å². The molecule has 2 N–H and O–H groups in total. The number of hydrogen-bond acceptors (Lipinski definition) is 6. The predicted molar refractivity (Wildman–Crippen MR) is 99.2 cm³/mol. The molecule has 2 heterocycles. The van der Waals surface area contributed by atoms with E-state index < -0.39 is 0 Å². The molecule has 1 saturated heterocycles. The van der Waals surface area contributed by atoms with E-state index in [1.807, 2.05) is 6.07 Å². The molecular weight excluding hydrogens is 334 g/mol. The summed E-state index contributed by atoms with van der Waals surface area (Å²) in [6, 6.07) is 8.76. The van der Waals surface area contributed by atoms with Gasteiger partial charge >= 0.3 is 0 Å². The Balaban J connectivity index is 1.68. The van der Waals surface area contributed by atoms with E-state index in [-0.39, 0.29) is 12.0 Å². The lowest BCUT2D eigenvalue weighted by Crippen LogP contribution is -2.19. The van der Waals surface area contributed by atoms with Gasteiger partial charge in [-0.05, 0) is 37.1 Å². The molecule has 0 saturated carbocycles. The number of rotatable bonds is 7. The quantitative estimate of drug-likeness (QED) is 0.793. The number of methoxy groups -OCH3 is 2. The minimum atomic E-state index is -0.322. The SMILES string of the molecule is COc1ccc(OC)c(NC(=O)c2cc(NCC3CCCO3)ccn2)c1. The summed E-state index contributed by atoms with van der Waals surface area (Å²) in [4.78, 5) is 16.7. The number of anilines is 2. The van der Waals surface area contributed by atoms with Crippen molar-refractivity contribution < 1.29 is 19.0 Å². The number of carbonyl (C=O) groups excluding carboxylic acids is 1. The second-order valence-electron chi connectivity index (χ2n) is 5.97. The molecular formula is C19H23N3O4. The summed E-state index contributed by atoms with van der Waals surface area (Å²) >= 11 is 0. The van der Waals surface area contributed by atoms with E-state index in [2.05, 4.69) is 15.6 Å². The van der Waals surface area contributed by atoms with Crippen LogP contribution >= 0.6 is 0 Å². The first-order chi connectivity index (χ1) is 12.7. The lowest BCUT2D eigenvalue weighted by Gasteiger charge is -2.13. The van der Waals surface area contributed by atoms with Crippen LogP contribution in [0, 0.1) is 0 Å². The third-order valence-corrected chi connectivity index (χ3v) is 4.21. The normalized spacial score (nSPS) is 16.2. The van der Waals surface area contributed by atoms with E-state index in [1.165, 1.54) is 0 Å². The van der Waals surface area contributed by atoms with Gasteiger partial charge in [0, 0.05) is 31.1 Å². The molecule has 1 aromatic carbocycles. The van der Waals surface area contributed by atoms with Gasteiger partial charge in [-0.25, -0.2) is 0 Å². The molecule has 0 spiro atoms. The van der Waals surface area contributed by atoms with Gasteiger partial charge in [-0.1, -0.05) is 0 Å². The highest BCUT2D eigenvalue weighted by molar-refractivity contribution is 6.04. The zero-order valence-electron chi connectivity index (χ0n) is 15.0. The fourth-order valence-electron chi connectivity index (χ4n) is 2.80. The number of ether oxygens (including phenoxy) is 3. The summed E-state index contributed by atoms with van der Waals surface area (Å²) in [6.45, 7) is 1.54. The molecule has 3 rings (SSSR count). The molecule has 7 heteroatoms. The van der Waals surface area contributed by atoms with Gasteiger partial charge in [0.25, 0.3) is 5.91 Å². The summed E-state index contributed by atoms with van der Waals surface area (Å²) in [5.74, 6) is 0.852. The molecule has 7 nitrogen and oxygen atoms in total. The highest BCUT2D eigenvalue weighted by Gasteiger charge is 2.16.